The zero-order chi connectivity index (χ0) is 15.9. The van der Waals surface area contributed by atoms with E-state index in [-0.39, 0.29) is 5.91 Å². The van der Waals surface area contributed by atoms with Crippen LogP contribution in [0.4, 0.5) is 0 Å². The monoisotopic (exact) mass is 381 g/mol. The van der Waals surface area contributed by atoms with E-state index in [9.17, 15) is 4.79 Å². The molecule has 0 unspecified atom stereocenters. The topological polar surface area (TPSA) is 38.3 Å². The van der Waals surface area contributed by atoms with Crippen LogP contribution in [-0.2, 0) is 11.2 Å². The predicted molar refractivity (Wildman–Crippen MR) is 92.5 cm³/mol. The maximum atomic E-state index is 11.9. The fourth-order valence-electron chi connectivity index (χ4n) is 1.94. The lowest BCUT2D eigenvalue weighted by Crippen LogP contribution is -2.29. The molecular weight excluding hydrogens is 366 g/mol. The Balaban J connectivity index is 1.73. The van der Waals surface area contributed by atoms with Gasteiger partial charge in [0.15, 0.2) is 0 Å². The van der Waals surface area contributed by atoms with Crippen LogP contribution in [0.15, 0.2) is 46.9 Å². The molecule has 0 atom stereocenters. The maximum Gasteiger partial charge on any atom is 0.224 e. The van der Waals surface area contributed by atoms with E-state index >= 15 is 0 Å². The van der Waals surface area contributed by atoms with Crippen LogP contribution in [0, 0.1) is 6.92 Å². The molecule has 2 aromatic carbocycles. The van der Waals surface area contributed by atoms with Crippen LogP contribution in [0.3, 0.4) is 0 Å². The fourth-order valence-corrected chi connectivity index (χ4v) is 2.49. The van der Waals surface area contributed by atoms with Gasteiger partial charge in [-0.1, -0.05) is 45.7 Å². The Hall–Kier alpha value is -1.52. The molecule has 1 N–H and O–H groups in total. The molecule has 0 saturated carbocycles. The van der Waals surface area contributed by atoms with E-state index in [2.05, 4.69) is 21.2 Å². The van der Waals surface area contributed by atoms with E-state index in [4.69, 9.17) is 16.3 Å². The highest BCUT2D eigenvalue weighted by atomic mass is 79.9. The molecule has 2 rings (SSSR count). The number of carbonyl (C=O) groups is 1. The van der Waals surface area contributed by atoms with Crippen molar-refractivity contribution in [3.63, 3.8) is 0 Å². The molecule has 0 aliphatic rings. The molecule has 5 heteroatoms. The van der Waals surface area contributed by atoms with Gasteiger partial charge in [0.25, 0.3) is 0 Å². The highest BCUT2D eigenvalue weighted by molar-refractivity contribution is 9.10. The second-order valence-electron chi connectivity index (χ2n) is 4.88. The summed E-state index contributed by atoms with van der Waals surface area (Å²) in [5, 5.41) is 3.56. The highest BCUT2D eigenvalue weighted by Crippen LogP contribution is 2.20. The smallest absolute Gasteiger partial charge is 0.224 e. The number of aryl methyl sites for hydroxylation is 1. The number of hydrogen-bond acceptors (Lipinski definition) is 2. The van der Waals surface area contributed by atoms with Crippen LogP contribution in [0.2, 0.25) is 5.02 Å². The lowest BCUT2D eigenvalue weighted by Gasteiger charge is -2.09. The number of ether oxygens (including phenoxy) is 1. The summed E-state index contributed by atoms with van der Waals surface area (Å²) in [6.07, 6.45) is 0.349. The first kappa shape index (κ1) is 16.8. The van der Waals surface area contributed by atoms with Crippen molar-refractivity contribution in [2.24, 2.45) is 0 Å². The second-order valence-corrected chi connectivity index (χ2v) is 6.14. The summed E-state index contributed by atoms with van der Waals surface area (Å²) in [5.41, 5.74) is 1.94. The van der Waals surface area contributed by atoms with Crippen molar-refractivity contribution in [1.82, 2.24) is 5.32 Å². The van der Waals surface area contributed by atoms with Gasteiger partial charge in [-0.05, 0) is 42.3 Å². The minimum absolute atomic E-state index is 0.0252. The average molecular weight is 383 g/mol. The van der Waals surface area contributed by atoms with Gasteiger partial charge < -0.3 is 10.1 Å². The SMILES string of the molecule is Cc1cc(OCCNC(=O)Cc2ccccc2Br)ccc1Cl. The molecule has 3 nitrogen and oxygen atoms in total. The predicted octanol–water partition coefficient (Wildman–Crippen LogP) is 4.15. The Morgan fingerprint density at radius 3 is 2.77 bits per heavy atom. The lowest BCUT2D eigenvalue weighted by atomic mass is 10.1. The number of benzene rings is 2. The summed E-state index contributed by atoms with van der Waals surface area (Å²) < 4.78 is 6.53. The number of hydrogen-bond donors (Lipinski definition) is 1. The quantitative estimate of drug-likeness (QED) is 0.762. The minimum Gasteiger partial charge on any atom is -0.492 e. The number of halogens is 2. The van der Waals surface area contributed by atoms with E-state index in [1.165, 1.54) is 0 Å². The molecule has 0 saturated heterocycles. The first-order valence-electron chi connectivity index (χ1n) is 6.95. The van der Waals surface area contributed by atoms with Gasteiger partial charge in [0.2, 0.25) is 5.91 Å². The second kappa shape index (κ2) is 8.20. The molecule has 0 aromatic heterocycles. The Morgan fingerprint density at radius 1 is 1.27 bits per heavy atom. The van der Waals surface area contributed by atoms with E-state index in [0.717, 1.165) is 21.3 Å². The molecule has 0 aliphatic carbocycles. The first-order valence-corrected chi connectivity index (χ1v) is 8.12. The summed E-state index contributed by atoms with van der Waals surface area (Å²) in [5.74, 6) is 0.727. The minimum atomic E-state index is -0.0252. The molecule has 0 aliphatic heterocycles. The molecule has 0 spiro atoms. The summed E-state index contributed by atoms with van der Waals surface area (Å²) in [4.78, 5) is 11.9. The summed E-state index contributed by atoms with van der Waals surface area (Å²) in [6.45, 7) is 2.81. The van der Waals surface area contributed by atoms with Crippen molar-refractivity contribution >= 4 is 33.4 Å². The largest absolute Gasteiger partial charge is 0.492 e. The molecule has 0 fully saturated rings. The van der Waals surface area contributed by atoms with Crippen LogP contribution in [0.1, 0.15) is 11.1 Å². The molecular formula is C17H17BrClNO2. The summed E-state index contributed by atoms with van der Waals surface area (Å²) in [7, 11) is 0. The van der Waals surface area contributed by atoms with E-state index in [1.54, 1.807) is 6.07 Å². The normalized spacial score (nSPS) is 10.3. The lowest BCUT2D eigenvalue weighted by molar-refractivity contribution is -0.120. The molecule has 116 valence electrons. The number of amides is 1. The summed E-state index contributed by atoms with van der Waals surface area (Å²) in [6, 6.07) is 13.2. The van der Waals surface area contributed by atoms with Crippen molar-refractivity contribution in [2.45, 2.75) is 13.3 Å². The van der Waals surface area contributed by atoms with Gasteiger partial charge in [-0.2, -0.15) is 0 Å². The Bertz CT molecular complexity index is 661. The van der Waals surface area contributed by atoms with Crippen LogP contribution >= 0.6 is 27.5 Å². The summed E-state index contributed by atoms with van der Waals surface area (Å²) >= 11 is 9.39. The Morgan fingerprint density at radius 2 is 2.05 bits per heavy atom. The van der Waals surface area contributed by atoms with Crippen molar-refractivity contribution in [1.29, 1.82) is 0 Å². The zero-order valence-electron chi connectivity index (χ0n) is 12.2. The average Bonchev–Trinajstić information content (AvgIpc) is 2.49. The zero-order valence-corrected chi connectivity index (χ0v) is 14.6. The molecule has 1 amide bonds. The van der Waals surface area contributed by atoms with Crippen LogP contribution in [0.25, 0.3) is 0 Å². The van der Waals surface area contributed by atoms with Crippen molar-refractivity contribution < 1.29 is 9.53 Å². The van der Waals surface area contributed by atoms with Crippen molar-refractivity contribution in [3.8, 4) is 5.75 Å². The number of rotatable bonds is 6. The highest BCUT2D eigenvalue weighted by Gasteiger charge is 2.06. The van der Waals surface area contributed by atoms with Gasteiger partial charge in [-0.25, -0.2) is 0 Å². The fraction of sp³-hybridized carbons (Fsp3) is 0.235. The molecule has 0 heterocycles. The van der Waals surface area contributed by atoms with Gasteiger partial charge in [-0.15, -0.1) is 0 Å². The number of nitrogens with one attached hydrogen (secondary N) is 1. The van der Waals surface area contributed by atoms with Gasteiger partial charge in [0, 0.05) is 9.50 Å². The van der Waals surface area contributed by atoms with Crippen molar-refractivity contribution in [2.75, 3.05) is 13.2 Å². The third-order valence-corrected chi connectivity index (χ3v) is 4.33. The molecule has 22 heavy (non-hydrogen) atoms. The standard InChI is InChI=1S/C17H17BrClNO2/c1-12-10-14(6-7-16(12)19)22-9-8-20-17(21)11-13-4-2-3-5-15(13)18/h2-7,10H,8-9,11H2,1H3,(H,20,21). The third-order valence-electron chi connectivity index (χ3n) is 3.13. The van der Waals surface area contributed by atoms with Gasteiger partial charge in [0.05, 0.1) is 13.0 Å². The number of carbonyl (C=O) groups excluding carboxylic acids is 1. The first-order chi connectivity index (χ1) is 10.6. The van der Waals surface area contributed by atoms with E-state index in [1.807, 2.05) is 43.3 Å². The van der Waals surface area contributed by atoms with E-state index < -0.39 is 0 Å². The van der Waals surface area contributed by atoms with Gasteiger partial charge in [-0.3, -0.25) is 4.79 Å². The third kappa shape index (κ3) is 5.04. The van der Waals surface area contributed by atoms with Crippen molar-refractivity contribution in [3.05, 3.63) is 63.1 Å². The molecule has 0 radical (unpaired) electrons. The van der Waals surface area contributed by atoms with E-state index in [0.29, 0.717) is 24.6 Å². The van der Waals surface area contributed by atoms with Gasteiger partial charge in [0.1, 0.15) is 12.4 Å². The van der Waals surface area contributed by atoms with Crippen LogP contribution < -0.4 is 10.1 Å². The molecule has 2 aromatic rings. The molecule has 0 bridgehead atoms. The Kier molecular flexibility index (Phi) is 6.28. The van der Waals surface area contributed by atoms with Crippen LogP contribution in [0.5, 0.6) is 5.75 Å². The Labute approximate surface area is 143 Å². The maximum absolute atomic E-state index is 11.9. The van der Waals surface area contributed by atoms with Gasteiger partial charge >= 0.3 is 0 Å². The van der Waals surface area contributed by atoms with Crippen LogP contribution in [-0.4, -0.2) is 19.1 Å².